The Kier molecular flexibility index (Phi) is 4.52. The van der Waals surface area contributed by atoms with E-state index in [1.54, 1.807) is 12.3 Å². The summed E-state index contributed by atoms with van der Waals surface area (Å²) in [7, 11) is 0. The van der Waals surface area contributed by atoms with Crippen molar-refractivity contribution >= 4 is 17.6 Å². The molecule has 2 aromatic heterocycles. The molecule has 0 radical (unpaired) electrons. The lowest BCUT2D eigenvalue weighted by Gasteiger charge is -2.35. The van der Waals surface area contributed by atoms with Crippen LogP contribution in [-0.2, 0) is 0 Å². The molecule has 3 heterocycles. The van der Waals surface area contributed by atoms with Crippen LogP contribution in [0.3, 0.4) is 0 Å². The Morgan fingerprint density at radius 3 is 2.65 bits per heavy atom. The summed E-state index contributed by atoms with van der Waals surface area (Å²) in [5.41, 5.74) is 0.451. The lowest BCUT2D eigenvalue weighted by Crippen LogP contribution is -2.47. The maximum atomic E-state index is 8.96. The number of anilines is 3. The van der Waals surface area contributed by atoms with Crippen molar-refractivity contribution in [2.24, 2.45) is 0 Å². The number of hydrogen-bond donors (Lipinski definition) is 1. The topological polar surface area (TPSA) is 81.0 Å². The maximum Gasteiger partial charge on any atom is 0.227 e. The third-order valence-corrected chi connectivity index (χ3v) is 3.74. The zero-order chi connectivity index (χ0) is 16.1. The van der Waals surface area contributed by atoms with Crippen LogP contribution in [0.5, 0.6) is 0 Å². The highest BCUT2D eigenvalue weighted by Gasteiger charge is 2.20. The fourth-order valence-corrected chi connectivity index (χ4v) is 2.58. The number of hydrogen-bond acceptors (Lipinski definition) is 7. The van der Waals surface area contributed by atoms with Gasteiger partial charge in [-0.05, 0) is 25.1 Å². The van der Waals surface area contributed by atoms with Crippen LogP contribution in [0.1, 0.15) is 12.6 Å². The van der Waals surface area contributed by atoms with Gasteiger partial charge >= 0.3 is 0 Å². The highest BCUT2D eigenvalue weighted by molar-refractivity contribution is 5.46. The van der Waals surface area contributed by atoms with E-state index in [0.29, 0.717) is 5.69 Å². The Morgan fingerprint density at radius 2 is 1.91 bits per heavy atom. The van der Waals surface area contributed by atoms with Gasteiger partial charge in [-0.1, -0.05) is 6.07 Å². The van der Waals surface area contributed by atoms with Crippen LogP contribution in [0.25, 0.3) is 0 Å². The molecule has 3 rings (SSSR count). The van der Waals surface area contributed by atoms with Gasteiger partial charge in [0.2, 0.25) is 5.95 Å². The van der Waals surface area contributed by atoms with Gasteiger partial charge in [0.25, 0.3) is 0 Å². The molecule has 23 heavy (non-hydrogen) atoms. The van der Waals surface area contributed by atoms with E-state index in [1.165, 1.54) is 0 Å². The molecule has 0 aromatic carbocycles. The molecule has 0 unspecified atom stereocenters. The Bertz CT molecular complexity index is 702. The number of nitrogens with one attached hydrogen (secondary N) is 1. The first-order chi connectivity index (χ1) is 11.3. The molecule has 0 amide bonds. The molecule has 1 saturated heterocycles. The summed E-state index contributed by atoms with van der Waals surface area (Å²) in [6.07, 6.45) is 1.78. The van der Waals surface area contributed by atoms with E-state index in [9.17, 15) is 0 Å². The van der Waals surface area contributed by atoms with Crippen LogP contribution < -0.4 is 15.1 Å². The molecular weight excluding hydrogens is 290 g/mol. The molecule has 0 bridgehead atoms. The molecule has 1 aliphatic heterocycles. The maximum absolute atomic E-state index is 8.96. The average Bonchev–Trinajstić information content (AvgIpc) is 2.62. The highest BCUT2D eigenvalue weighted by atomic mass is 15.3. The summed E-state index contributed by atoms with van der Waals surface area (Å²) in [6, 6.07) is 9.50. The molecule has 118 valence electrons. The van der Waals surface area contributed by atoms with Gasteiger partial charge in [-0.15, -0.1) is 0 Å². The Labute approximate surface area is 135 Å². The fraction of sp³-hybridized carbons (Fsp3) is 0.375. The summed E-state index contributed by atoms with van der Waals surface area (Å²) < 4.78 is 0. The first-order valence-corrected chi connectivity index (χ1v) is 7.74. The van der Waals surface area contributed by atoms with Crippen molar-refractivity contribution in [2.45, 2.75) is 6.92 Å². The van der Waals surface area contributed by atoms with Crippen LogP contribution in [0.15, 0.2) is 30.5 Å². The summed E-state index contributed by atoms with van der Waals surface area (Å²) >= 11 is 0. The van der Waals surface area contributed by atoms with Crippen LogP contribution in [0.2, 0.25) is 0 Å². The minimum Gasteiger partial charge on any atom is -0.370 e. The van der Waals surface area contributed by atoms with Crippen molar-refractivity contribution in [3.05, 3.63) is 36.2 Å². The monoisotopic (exact) mass is 309 g/mol. The summed E-state index contributed by atoms with van der Waals surface area (Å²) in [5.74, 6) is 2.45. The first kappa shape index (κ1) is 15.0. The predicted octanol–water partition coefficient (Wildman–Crippen LogP) is 1.50. The SMILES string of the molecule is CCNc1ccnc(N2CCN(c3cccc(C#N)n3)CC2)n1. The smallest absolute Gasteiger partial charge is 0.227 e. The van der Waals surface area contributed by atoms with Crippen molar-refractivity contribution in [1.29, 1.82) is 5.26 Å². The number of rotatable bonds is 4. The van der Waals surface area contributed by atoms with Crippen molar-refractivity contribution in [2.75, 3.05) is 47.8 Å². The first-order valence-electron chi connectivity index (χ1n) is 7.74. The molecule has 7 nitrogen and oxygen atoms in total. The van der Waals surface area contributed by atoms with E-state index in [-0.39, 0.29) is 0 Å². The van der Waals surface area contributed by atoms with Crippen molar-refractivity contribution in [3.63, 3.8) is 0 Å². The summed E-state index contributed by atoms with van der Waals surface area (Å²) in [4.78, 5) is 17.6. The second-order valence-corrected chi connectivity index (χ2v) is 5.24. The number of piperazine rings is 1. The molecule has 1 fully saturated rings. The van der Waals surface area contributed by atoms with E-state index in [4.69, 9.17) is 5.26 Å². The van der Waals surface area contributed by atoms with Crippen LogP contribution in [0, 0.1) is 11.3 Å². The average molecular weight is 309 g/mol. The normalized spacial score (nSPS) is 14.4. The molecule has 0 spiro atoms. The second kappa shape index (κ2) is 6.92. The molecule has 2 aromatic rings. The van der Waals surface area contributed by atoms with Crippen molar-refractivity contribution < 1.29 is 0 Å². The third-order valence-electron chi connectivity index (χ3n) is 3.74. The van der Waals surface area contributed by atoms with Gasteiger partial charge in [0, 0.05) is 38.9 Å². The van der Waals surface area contributed by atoms with Crippen molar-refractivity contribution in [1.82, 2.24) is 15.0 Å². The number of aromatic nitrogens is 3. The summed E-state index contributed by atoms with van der Waals surface area (Å²) in [6.45, 7) is 6.20. The van der Waals surface area contributed by atoms with Gasteiger partial charge in [0.15, 0.2) is 0 Å². The highest BCUT2D eigenvalue weighted by Crippen LogP contribution is 2.17. The third kappa shape index (κ3) is 3.48. The Hall–Kier alpha value is -2.88. The van der Waals surface area contributed by atoms with Crippen LogP contribution in [0.4, 0.5) is 17.6 Å². The van der Waals surface area contributed by atoms with Gasteiger partial charge in [-0.3, -0.25) is 0 Å². The quantitative estimate of drug-likeness (QED) is 0.916. The van der Waals surface area contributed by atoms with E-state index in [1.807, 2.05) is 25.1 Å². The van der Waals surface area contributed by atoms with Crippen LogP contribution in [-0.4, -0.2) is 47.7 Å². The molecular formula is C16H19N7. The van der Waals surface area contributed by atoms with Gasteiger partial charge in [0.05, 0.1) is 0 Å². The second-order valence-electron chi connectivity index (χ2n) is 5.24. The van der Waals surface area contributed by atoms with E-state index < -0.39 is 0 Å². The van der Waals surface area contributed by atoms with Crippen molar-refractivity contribution in [3.8, 4) is 6.07 Å². The number of pyridine rings is 1. The largest absolute Gasteiger partial charge is 0.370 e. The Balaban J connectivity index is 1.66. The lowest BCUT2D eigenvalue weighted by atomic mass is 10.3. The lowest BCUT2D eigenvalue weighted by molar-refractivity contribution is 0.634. The fourth-order valence-electron chi connectivity index (χ4n) is 2.58. The molecule has 0 aliphatic carbocycles. The number of nitriles is 1. The zero-order valence-electron chi connectivity index (χ0n) is 13.1. The predicted molar refractivity (Wildman–Crippen MR) is 89.6 cm³/mol. The van der Waals surface area contributed by atoms with Gasteiger partial charge in [-0.25, -0.2) is 9.97 Å². The van der Waals surface area contributed by atoms with Gasteiger partial charge in [-0.2, -0.15) is 10.2 Å². The van der Waals surface area contributed by atoms with Crippen LogP contribution >= 0.6 is 0 Å². The number of nitrogens with zero attached hydrogens (tertiary/aromatic N) is 6. The van der Waals surface area contributed by atoms with E-state index in [2.05, 4.69) is 36.1 Å². The van der Waals surface area contributed by atoms with E-state index in [0.717, 1.165) is 50.3 Å². The zero-order valence-corrected chi connectivity index (χ0v) is 13.1. The van der Waals surface area contributed by atoms with Gasteiger partial charge in [0.1, 0.15) is 23.4 Å². The molecule has 0 atom stereocenters. The molecule has 1 N–H and O–H groups in total. The van der Waals surface area contributed by atoms with Gasteiger partial charge < -0.3 is 15.1 Å². The molecule has 7 heteroatoms. The van der Waals surface area contributed by atoms with E-state index >= 15 is 0 Å². The molecule has 1 aliphatic rings. The summed E-state index contributed by atoms with van der Waals surface area (Å²) in [5, 5.41) is 12.2. The minimum absolute atomic E-state index is 0.451. The standard InChI is InChI=1S/C16H19N7/c1-2-18-14-6-7-19-16(21-14)23-10-8-22(9-11-23)15-5-3-4-13(12-17)20-15/h3-7H,2,8-11H2,1H3,(H,18,19,21). The molecule has 0 saturated carbocycles. The minimum atomic E-state index is 0.451. The Morgan fingerprint density at radius 1 is 1.13 bits per heavy atom.